The van der Waals surface area contributed by atoms with Crippen LogP contribution in [-0.2, 0) is 14.3 Å². The van der Waals surface area contributed by atoms with Crippen molar-refractivity contribution in [1.82, 2.24) is 5.32 Å². The fourth-order valence-electron chi connectivity index (χ4n) is 0.438. The number of nitrogens with one attached hydrogen (secondary N) is 1. The lowest BCUT2D eigenvalue weighted by molar-refractivity contribution is -0.138. The van der Waals surface area contributed by atoms with E-state index in [0.717, 1.165) is 6.26 Å². The minimum Gasteiger partial charge on any atom is -0.434 e. The predicted molar refractivity (Wildman–Crippen MR) is 44.1 cm³/mol. The van der Waals surface area contributed by atoms with Gasteiger partial charge < -0.3 is 10.1 Å². The van der Waals surface area contributed by atoms with Crippen LogP contribution in [0.4, 0.5) is 0 Å². The van der Waals surface area contributed by atoms with Crippen LogP contribution < -0.4 is 5.32 Å². The first-order chi connectivity index (χ1) is 5.57. The zero-order valence-corrected chi connectivity index (χ0v) is 6.92. The molecule has 0 spiro atoms. The van der Waals surface area contributed by atoms with Crippen molar-refractivity contribution in [2.24, 2.45) is 0 Å². The lowest BCUT2D eigenvalue weighted by Gasteiger charge is -2.01. The number of ether oxygens (including phenoxy) is 1. The van der Waals surface area contributed by atoms with Gasteiger partial charge in [-0.15, -0.1) is 0 Å². The topological polar surface area (TPSA) is 55.4 Å². The first-order valence-electron chi connectivity index (χ1n) is 3.32. The van der Waals surface area contributed by atoms with Crippen molar-refractivity contribution >= 4 is 11.9 Å². The molecular weight excluding hydrogens is 158 g/mol. The third-order valence-electron chi connectivity index (χ3n) is 0.996. The molecule has 0 unspecified atom stereocenters. The Morgan fingerprint density at radius 1 is 1.58 bits per heavy atom. The van der Waals surface area contributed by atoms with E-state index in [2.05, 4.69) is 23.2 Å². The molecular formula is C8H11NO3. The van der Waals surface area contributed by atoms with E-state index in [-0.39, 0.29) is 12.5 Å². The molecule has 0 aliphatic rings. The van der Waals surface area contributed by atoms with Crippen LogP contribution in [0.2, 0.25) is 0 Å². The largest absolute Gasteiger partial charge is 0.434 e. The number of carbonyl (C=O) groups excluding carboxylic acids is 2. The van der Waals surface area contributed by atoms with E-state index in [9.17, 15) is 9.59 Å². The van der Waals surface area contributed by atoms with Gasteiger partial charge in [0.15, 0.2) is 0 Å². The molecule has 0 aromatic heterocycles. The summed E-state index contributed by atoms with van der Waals surface area (Å²) < 4.78 is 4.35. The van der Waals surface area contributed by atoms with Gasteiger partial charge in [-0.2, -0.15) is 0 Å². The lowest BCUT2D eigenvalue weighted by atomic mass is 10.3. The zero-order chi connectivity index (χ0) is 9.56. The summed E-state index contributed by atoms with van der Waals surface area (Å²) in [5.74, 6) is -0.921. The molecule has 0 bridgehead atoms. The molecule has 0 heterocycles. The Kier molecular flexibility index (Phi) is 4.45. The number of hydrogen-bond acceptors (Lipinski definition) is 3. The average molecular weight is 169 g/mol. The van der Waals surface area contributed by atoms with E-state index in [0.29, 0.717) is 5.57 Å². The number of hydrogen-bond donors (Lipinski definition) is 1. The van der Waals surface area contributed by atoms with Crippen LogP contribution in [0.3, 0.4) is 0 Å². The SMILES string of the molecule is C=COC(=O)CNC(=O)C(=C)C. The molecule has 1 N–H and O–H groups in total. The molecule has 0 aliphatic heterocycles. The monoisotopic (exact) mass is 169 g/mol. The van der Waals surface area contributed by atoms with E-state index in [1.807, 2.05) is 0 Å². The van der Waals surface area contributed by atoms with Crippen molar-refractivity contribution in [1.29, 1.82) is 0 Å². The van der Waals surface area contributed by atoms with Gasteiger partial charge in [-0.25, -0.2) is 4.79 Å². The molecule has 0 saturated heterocycles. The van der Waals surface area contributed by atoms with E-state index in [1.165, 1.54) is 0 Å². The Balaban J connectivity index is 3.68. The summed E-state index contributed by atoms with van der Waals surface area (Å²) in [5, 5.41) is 2.31. The highest BCUT2D eigenvalue weighted by molar-refractivity contribution is 5.94. The molecule has 1 amide bonds. The third kappa shape index (κ3) is 4.27. The predicted octanol–water partition coefficient (Wildman–Crippen LogP) is 0.365. The van der Waals surface area contributed by atoms with Gasteiger partial charge in [-0.1, -0.05) is 13.2 Å². The van der Waals surface area contributed by atoms with E-state index in [1.54, 1.807) is 6.92 Å². The van der Waals surface area contributed by atoms with Gasteiger partial charge in [-0.3, -0.25) is 4.79 Å². The second kappa shape index (κ2) is 5.12. The molecule has 66 valence electrons. The van der Waals surface area contributed by atoms with Crippen molar-refractivity contribution in [3.05, 3.63) is 25.0 Å². The maximum atomic E-state index is 10.8. The molecule has 0 atom stereocenters. The standard InChI is InChI=1S/C8H11NO3/c1-4-12-7(10)5-9-8(11)6(2)3/h4H,1-2,5H2,3H3,(H,9,11). The molecule has 4 heteroatoms. The molecule has 0 aromatic rings. The van der Waals surface area contributed by atoms with Gasteiger partial charge in [0.2, 0.25) is 5.91 Å². The van der Waals surface area contributed by atoms with Gasteiger partial charge in [-0.05, 0) is 6.92 Å². The molecule has 0 saturated carbocycles. The van der Waals surface area contributed by atoms with Gasteiger partial charge >= 0.3 is 5.97 Å². The van der Waals surface area contributed by atoms with E-state index >= 15 is 0 Å². The Morgan fingerprint density at radius 2 is 2.17 bits per heavy atom. The molecule has 0 radical (unpaired) electrons. The maximum Gasteiger partial charge on any atom is 0.330 e. The van der Waals surface area contributed by atoms with Crippen LogP contribution in [-0.4, -0.2) is 18.4 Å². The summed E-state index contributed by atoms with van der Waals surface area (Å²) in [5.41, 5.74) is 0.349. The molecule has 0 aliphatic carbocycles. The summed E-state index contributed by atoms with van der Waals surface area (Å²) in [4.78, 5) is 21.4. The minimum atomic E-state index is -0.556. The smallest absolute Gasteiger partial charge is 0.330 e. The molecule has 0 fully saturated rings. The van der Waals surface area contributed by atoms with Crippen LogP contribution >= 0.6 is 0 Å². The van der Waals surface area contributed by atoms with Crippen LogP contribution in [0, 0.1) is 0 Å². The van der Waals surface area contributed by atoms with Crippen LogP contribution in [0.25, 0.3) is 0 Å². The molecule has 4 nitrogen and oxygen atoms in total. The first-order valence-corrected chi connectivity index (χ1v) is 3.32. The van der Waals surface area contributed by atoms with Crippen LogP contribution in [0.15, 0.2) is 25.0 Å². The van der Waals surface area contributed by atoms with Gasteiger partial charge in [0.1, 0.15) is 6.54 Å². The molecule has 0 aromatic carbocycles. The Morgan fingerprint density at radius 3 is 2.58 bits per heavy atom. The molecule has 0 rings (SSSR count). The highest BCUT2D eigenvalue weighted by Crippen LogP contribution is 1.85. The second-order valence-corrected chi connectivity index (χ2v) is 2.12. The van der Waals surface area contributed by atoms with Crippen molar-refractivity contribution in [2.75, 3.05) is 6.54 Å². The highest BCUT2D eigenvalue weighted by Gasteiger charge is 2.04. The van der Waals surface area contributed by atoms with Crippen molar-refractivity contribution < 1.29 is 14.3 Å². The summed E-state index contributed by atoms with van der Waals surface area (Å²) in [6.07, 6.45) is 1.01. The quantitative estimate of drug-likeness (QED) is 0.375. The van der Waals surface area contributed by atoms with Crippen molar-refractivity contribution in [3.63, 3.8) is 0 Å². The minimum absolute atomic E-state index is 0.169. The number of rotatable bonds is 4. The summed E-state index contributed by atoms with van der Waals surface area (Å²) in [7, 11) is 0. The third-order valence-corrected chi connectivity index (χ3v) is 0.996. The second-order valence-electron chi connectivity index (χ2n) is 2.12. The van der Waals surface area contributed by atoms with E-state index < -0.39 is 5.97 Å². The summed E-state index contributed by atoms with van der Waals surface area (Å²) in [6.45, 7) is 7.97. The zero-order valence-electron chi connectivity index (χ0n) is 6.92. The van der Waals surface area contributed by atoms with Crippen LogP contribution in [0.5, 0.6) is 0 Å². The van der Waals surface area contributed by atoms with E-state index in [4.69, 9.17) is 0 Å². The summed E-state index contributed by atoms with van der Waals surface area (Å²) in [6, 6.07) is 0. The van der Waals surface area contributed by atoms with Crippen molar-refractivity contribution in [3.8, 4) is 0 Å². The number of carbonyl (C=O) groups is 2. The fraction of sp³-hybridized carbons (Fsp3) is 0.250. The average Bonchev–Trinajstić information content (AvgIpc) is 2.00. The first kappa shape index (κ1) is 10.4. The lowest BCUT2D eigenvalue weighted by Crippen LogP contribution is -2.30. The van der Waals surface area contributed by atoms with Crippen LogP contribution in [0.1, 0.15) is 6.92 Å². The highest BCUT2D eigenvalue weighted by atomic mass is 16.5. The Labute approximate surface area is 70.9 Å². The fourth-order valence-corrected chi connectivity index (χ4v) is 0.438. The molecule has 12 heavy (non-hydrogen) atoms. The maximum absolute atomic E-state index is 10.8. The van der Waals surface area contributed by atoms with Crippen molar-refractivity contribution in [2.45, 2.75) is 6.92 Å². The Bertz CT molecular complexity index is 220. The Hall–Kier alpha value is -1.58. The van der Waals surface area contributed by atoms with Gasteiger partial charge in [0.25, 0.3) is 0 Å². The van der Waals surface area contributed by atoms with Gasteiger partial charge in [0, 0.05) is 5.57 Å². The number of amides is 1. The summed E-state index contributed by atoms with van der Waals surface area (Å²) >= 11 is 0. The van der Waals surface area contributed by atoms with Gasteiger partial charge in [0.05, 0.1) is 6.26 Å². The normalized spacial score (nSPS) is 8.42. The number of esters is 1.